The van der Waals surface area contributed by atoms with E-state index in [4.69, 9.17) is 9.47 Å². The van der Waals surface area contributed by atoms with Crippen LogP contribution in [0, 0.1) is 5.92 Å². The molecule has 43 heavy (non-hydrogen) atoms. The summed E-state index contributed by atoms with van der Waals surface area (Å²) >= 11 is 0. The van der Waals surface area contributed by atoms with Crippen molar-refractivity contribution in [2.45, 2.75) is 91.0 Å². The summed E-state index contributed by atoms with van der Waals surface area (Å²) in [6.07, 6.45) is 1.99. The normalized spacial score (nSPS) is 15.7. The third-order valence-electron chi connectivity index (χ3n) is 7.21. The number of benzene rings is 2. The van der Waals surface area contributed by atoms with Crippen LogP contribution in [0.25, 0.3) is 0 Å². The van der Waals surface area contributed by atoms with E-state index in [9.17, 15) is 19.2 Å². The maximum absolute atomic E-state index is 13.8. The van der Waals surface area contributed by atoms with Crippen LogP contribution in [-0.2, 0) is 32.1 Å². The van der Waals surface area contributed by atoms with Crippen LogP contribution in [0.5, 0.6) is 0 Å². The molecule has 1 unspecified atom stereocenters. The first-order chi connectivity index (χ1) is 20.4. The molecule has 0 aliphatic carbocycles. The van der Waals surface area contributed by atoms with Gasteiger partial charge in [-0.2, -0.15) is 0 Å². The second-order valence-corrected chi connectivity index (χ2v) is 12.5. The first-order valence-electron chi connectivity index (χ1n) is 15.2. The van der Waals surface area contributed by atoms with Gasteiger partial charge in [0, 0.05) is 13.1 Å². The largest absolute Gasteiger partial charge is 0.444 e. The number of urea groups is 1. The quantitative estimate of drug-likeness (QED) is 0.317. The molecule has 2 aromatic carbocycles. The third-order valence-corrected chi connectivity index (χ3v) is 7.21. The third kappa shape index (κ3) is 11.1. The number of imide groups is 1. The molecule has 1 heterocycles. The molecule has 9 heteroatoms. The standard InChI is InChI=1S/C34H47N3O6/c1-25(2)20-22-37(31(39)29-17-12-21-36(29)33(41)43-34(3,4)5)32(40)35-28(19-18-26-13-8-6-9-14-26)30(38)24-42-23-27-15-10-7-11-16-27/h6-11,13-16,25,28-29H,12,17-24H2,1-5H3,(H,35,40)/t28-,29?/m0/s1. The number of rotatable bonds is 13. The van der Waals surface area contributed by atoms with Gasteiger partial charge in [0.25, 0.3) is 5.91 Å². The summed E-state index contributed by atoms with van der Waals surface area (Å²) in [5.74, 6) is -0.501. The second kappa shape index (κ2) is 16.2. The van der Waals surface area contributed by atoms with Gasteiger partial charge in [-0.15, -0.1) is 0 Å². The number of carbonyl (C=O) groups is 4. The number of ether oxygens (including phenoxy) is 2. The van der Waals surface area contributed by atoms with Gasteiger partial charge >= 0.3 is 12.1 Å². The van der Waals surface area contributed by atoms with Crippen molar-refractivity contribution in [2.24, 2.45) is 5.92 Å². The maximum atomic E-state index is 13.8. The molecule has 0 spiro atoms. The lowest BCUT2D eigenvalue weighted by Gasteiger charge is -2.32. The highest BCUT2D eigenvalue weighted by atomic mass is 16.6. The van der Waals surface area contributed by atoms with E-state index in [1.54, 1.807) is 20.8 Å². The SMILES string of the molecule is CC(C)CCN(C(=O)N[C@@H](CCc1ccccc1)C(=O)COCc1ccccc1)C(=O)C1CCCN1C(=O)OC(C)(C)C. The van der Waals surface area contributed by atoms with Crippen molar-refractivity contribution in [3.05, 3.63) is 71.8 Å². The summed E-state index contributed by atoms with van der Waals surface area (Å²) in [6, 6.07) is 17.0. The van der Waals surface area contributed by atoms with Crippen molar-refractivity contribution in [1.82, 2.24) is 15.1 Å². The Morgan fingerprint density at radius 1 is 0.953 bits per heavy atom. The molecule has 0 bridgehead atoms. The highest BCUT2D eigenvalue weighted by Gasteiger charge is 2.40. The lowest BCUT2D eigenvalue weighted by Crippen LogP contribution is -2.56. The van der Waals surface area contributed by atoms with Crippen LogP contribution < -0.4 is 5.32 Å². The summed E-state index contributed by atoms with van der Waals surface area (Å²) in [7, 11) is 0. The molecule has 2 aromatic rings. The van der Waals surface area contributed by atoms with Crippen LogP contribution in [0.3, 0.4) is 0 Å². The van der Waals surface area contributed by atoms with Crippen molar-refractivity contribution in [2.75, 3.05) is 19.7 Å². The number of carbonyl (C=O) groups excluding carboxylic acids is 4. The van der Waals surface area contributed by atoms with Crippen molar-refractivity contribution < 1.29 is 28.7 Å². The van der Waals surface area contributed by atoms with E-state index in [2.05, 4.69) is 5.32 Å². The average molecular weight is 594 g/mol. The van der Waals surface area contributed by atoms with Gasteiger partial charge in [0.2, 0.25) is 0 Å². The van der Waals surface area contributed by atoms with Crippen molar-refractivity contribution in [3.8, 4) is 0 Å². The zero-order valence-electron chi connectivity index (χ0n) is 26.2. The molecule has 3 rings (SSSR count). The van der Waals surface area contributed by atoms with Crippen LogP contribution in [0.4, 0.5) is 9.59 Å². The number of hydrogen-bond donors (Lipinski definition) is 1. The summed E-state index contributed by atoms with van der Waals surface area (Å²) in [4.78, 5) is 56.4. The first-order valence-corrected chi connectivity index (χ1v) is 15.2. The Labute approximate surface area is 255 Å². The minimum absolute atomic E-state index is 0.172. The Bertz CT molecular complexity index is 1200. The Morgan fingerprint density at radius 3 is 2.19 bits per heavy atom. The molecular formula is C34H47N3O6. The van der Waals surface area contributed by atoms with Gasteiger partial charge in [-0.25, -0.2) is 9.59 Å². The summed E-state index contributed by atoms with van der Waals surface area (Å²) < 4.78 is 11.2. The van der Waals surface area contributed by atoms with Gasteiger partial charge in [0.1, 0.15) is 18.2 Å². The molecule has 4 amide bonds. The molecule has 1 N–H and O–H groups in total. The first kappa shape index (κ1) is 33.8. The molecule has 1 aliphatic rings. The number of nitrogens with one attached hydrogen (secondary N) is 1. The molecule has 0 aromatic heterocycles. The number of nitrogens with zero attached hydrogens (tertiary/aromatic N) is 2. The van der Waals surface area contributed by atoms with Gasteiger partial charge in [-0.05, 0) is 69.9 Å². The van der Waals surface area contributed by atoms with Gasteiger partial charge in [-0.1, -0.05) is 74.5 Å². The summed E-state index contributed by atoms with van der Waals surface area (Å²) in [6.45, 7) is 9.99. The van der Waals surface area contributed by atoms with E-state index in [1.807, 2.05) is 74.5 Å². The highest BCUT2D eigenvalue weighted by Crippen LogP contribution is 2.23. The van der Waals surface area contributed by atoms with Crippen molar-refractivity contribution >= 4 is 23.8 Å². The van der Waals surface area contributed by atoms with E-state index in [-0.39, 0.29) is 31.5 Å². The fraction of sp³-hybridized carbons (Fsp3) is 0.529. The number of hydrogen-bond acceptors (Lipinski definition) is 6. The predicted molar refractivity (Wildman–Crippen MR) is 165 cm³/mol. The second-order valence-electron chi connectivity index (χ2n) is 12.5. The van der Waals surface area contributed by atoms with Gasteiger partial charge in [0.05, 0.1) is 12.6 Å². The zero-order chi connectivity index (χ0) is 31.4. The van der Waals surface area contributed by atoms with Crippen molar-refractivity contribution in [1.29, 1.82) is 0 Å². The predicted octanol–water partition coefficient (Wildman–Crippen LogP) is 5.76. The number of likely N-dealkylation sites (tertiary alicyclic amines) is 1. The molecular weight excluding hydrogens is 546 g/mol. The fourth-order valence-electron chi connectivity index (χ4n) is 4.88. The molecule has 1 fully saturated rings. The van der Waals surface area contributed by atoms with Crippen LogP contribution in [0.2, 0.25) is 0 Å². The van der Waals surface area contributed by atoms with Gasteiger partial charge in [-0.3, -0.25) is 19.4 Å². The summed E-state index contributed by atoms with van der Waals surface area (Å²) in [5, 5.41) is 2.85. The molecule has 0 radical (unpaired) electrons. The number of amides is 4. The fourth-order valence-corrected chi connectivity index (χ4v) is 4.88. The Balaban J connectivity index is 1.75. The topological polar surface area (TPSA) is 105 Å². The number of aryl methyl sites for hydroxylation is 1. The molecule has 9 nitrogen and oxygen atoms in total. The minimum Gasteiger partial charge on any atom is -0.444 e. The Hall–Kier alpha value is -3.72. The van der Waals surface area contributed by atoms with E-state index < -0.39 is 35.7 Å². The smallest absolute Gasteiger partial charge is 0.410 e. The molecule has 1 aliphatic heterocycles. The lowest BCUT2D eigenvalue weighted by atomic mass is 10.0. The Kier molecular flexibility index (Phi) is 12.7. The zero-order valence-corrected chi connectivity index (χ0v) is 26.2. The van der Waals surface area contributed by atoms with Crippen LogP contribution in [-0.4, -0.2) is 71.0 Å². The Morgan fingerprint density at radius 2 is 1.58 bits per heavy atom. The lowest BCUT2D eigenvalue weighted by molar-refractivity contribution is -0.133. The van der Waals surface area contributed by atoms with Crippen LogP contribution >= 0.6 is 0 Å². The van der Waals surface area contributed by atoms with Gasteiger partial charge in [0.15, 0.2) is 5.78 Å². The molecule has 0 saturated carbocycles. The number of ketones is 1. The maximum Gasteiger partial charge on any atom is 0.410 e. The molecule has 2 atom stereocenters. The van der Waals surface area contributed by atoms with Crippen LogP contribution in [0.1, 0.15) is 71.4 Å². The van der Waals surface area contributed by atoms with E-state index in [1.165, 1.54) is 9.80 Å². The molecule has 1 saturated heterocycles. The number of Topliss-reactive ketones (excluding diaryl/α,β-unsaturated/α-hetero) is 1. The highest BCUT2D eigenvalue weighted by molar-refractivity contribution is 6.00. The monoisotopic (exact) mass is 593 g/mol. The minimum atomic E-state index is -0.858. The van der Waals surface area contributed by atoms with Gasteiger partial charge < -0.3 is 14.8 Å². The van der Waals surface area contributed by atoms with Crippen LogP contribution in [0.15, 0.2) is 60.7 Å². The van der Waals surface area contributed by atoms with E-state index >= 15 is 0 Å². The van der Waals surface area contributed by atoms with Crippen molar-refractivity contribution in [3.63, 3.8) is 0 Å². The van der Waals surface area contributed by atoms with E-state index in [0.717, 1.165) is 11.1 Å². The average Bonchev–Trinajstić information content (AvgIpc) is 3.46. The van der Waals surface area contributed by atoms with E-state index in [0.29, 0.717) is 38.6 Å². The summed E-state index contributed by atoms with van der Waals surface area (Å²) in [5.41, 5.74) is 1.26. The molecule has 234 valence electrons.